The van der Waals surface area contributed by atoms with Gasteiger partial charge in [0.2, 0.25) is 0 Å². The summed E-state index contributed by atoms with van der Waals surface area (Å²) in [6.07, 6.45) is -4.31. The number of halogens is 4. The number of hydrogen-bond donors (Lipinski definition) is 1. The predicted molar refractivity (Wildman–Crippen MR) is 73.6 cm³/mol. The topological polar surface area (TPSA) is 29.9 Å². The van der Waals surface area contributed by atoms with Crippen molar-refractivity contribution in [3.63, 3.8) is 0 Å². The van der Waals surface area contributed by atoms with Crippen LogP contribution in [-0.2, 0) is 0 Å². The molecule has 20 heavy (non-hydrogen) atoms. The quantitative estimate of drug-likeness (QED) is 0.838. The highest BCUT2D eigenvalue weighted by molar-refractivity contribution is 9.10. The van der Waals surface area contributed by atoms with E-state index in [9.17, 15) is 13.2 Å². The molecule has 1 atom stereocenters. The zero-order valence-corrected chi connectivity index (χ0v) is 11.9. The van der Waals surface area contributed by atoms with E-state index in [1.165, 1.54) is 0 Å². The maximum Gasteiger partial charge on any atom is 0.410 e. The maximum atomic E-state index is 13.1. The minimum atomic E-state index is -4.30. The van der Waals surface area contributed by atoms with Gasteiger partial charge >= 0.3 is 6.18 Å². The maximum absolute atomic E-state index is 13.1. The number of hydrogen-bond acceptors (Lipinski definition) is 2. The Balaban J connectivity index is 2.12. The number of alkyl halides is 3. The lowest BCUT2D eigenvalue weighted by Crippen LogP contribution is -2.34. The fourth-order valence-electron chi connectivity index (χ4n) is 2.33. The molecule has 0 spiro atoms. The smallest absolute Gasteiger partial charge is 0.369 e. The molecule has 0 radical (unpaired) electrons. The van der Waals surface area contributed by atoms with Crippen molar-refractivity contribution in [1.82, 2.24) is 9.78 Å². The van der Waals surface area contributed by atoms with Gasteiger partial charge < -0.3 is 5.32 Å². The van der Waals surface area contributed by atoms with Gasteiger partial charge in [0.15, 0.2) is 6.04 Å². The van der Waals surface area contributed by atoms with Crippen LogP contribution < -0.4 is 5.32 Å². The van der Waals surface area contributed by atoms with E-state index in [4.69, 9.17) is 0 Å². The van der Waals surface area contributed by atoms with Crippen molar-refractivity contribution in [2.75, 3.05) is 11.9 Å². The van der Waals surface area contributed by atoms with Crippen molar-refractivity contribution >= 4 is 21.7 Å². The summed E-state index contributed by atoms with van der Waals surface area (Å²) >= 11 is 3.35. The Bertz CT molecular complexity index is 622. The molecule has 0 saturated carbocycles. The molecule has 106 valence electrons. The summed E-state index contributed by atoms with van der Waals surface area (Å²) in [5, 5.41) is 7.13. The van der Waals surface area contributed by atoms with Crippen LogP contribution in [0.2, 0.25) is 0 Å². The first-order valence-corrected chi connectivity index (χ1v) is 6.92. The van der Waals surface area contributed by atoms with E-state index in [0.29, 0.717) is 16.0 Å². The predicted octanol–water partition coefficient (Wildman–Crippen LogP) is 4.23. The Morgan fingerprint density at radius 2 is 1.95 bits per heavy atom. The molecular formula is C13H11BrF3N3. The molecule has 0 fully saturated rings. The van der Waals surface area contributed by atoms with Gasteiger partial charge in [-0.1, -0.05) is 30.3 Å². The van der Waals surface area contributed by atoms with Gasteiger partial charge in [0.25, 0.3) is 0 Å². The molecule has 2 aromatic rings. The molecule has 1 aromatic heterocycles. The summed E-state index contributed by atoms with van der Waals surface area (Å²) in [4.78, 5) is 0. The van der Waals surface area contributed by atoms with Crippen LogP contribution in [0.25, 0.3) is 11.3 Å². The third kappa shape index (κ3) is 2.19. The Kier molecular flexibility index (Phi) is 3.24. The lowest BCUT2D eigenvalue weighted by molar-refractivity contribution is -0.171. The van der Waals surface area contributed by atoms with E-state index in [0.717, 1.165) is 10.2 Å². The van der Waals surface area contributed by atoms with E-state index in [1.807, 2.05) is 30.3 Å². The molecule has 2 heterocycles. The normalized spacial score (nSPS) is 18.5. The molecule has 3 nitrogen and oxygen atoms in total. The molecule has 0 amide bonds. The highest BCUT2D eigenvalue weighted by Gasteiger charge is 2.44. The summed E-state index contributed by atoms with van der Waals surface area (Å²) in [5.74, 6) is 0.387. The number of nitrogens with zero attached hydrogens (tertiary/aromatic N) is 2. The van der Waals surface area contributed by atoms with E-state index >= 15 is 0 Å². The summed E-state index contributed by atoms with van der Waals surface area (Å²) in [6.45, 7) is 0.280. The summed E-state index contributed by atoms with van der Waals surface area (Å²) in [5.41, 5.74) is 1.30. The SMILES string of the molecule is FC(F)(F)C1CCNc2c(Br)c(-c3ccccc3)nn21. The molecule has 0 aliphatic carbocycles. The fourth-order valence-corrected chi connectivity index (χ4v) is 2.96. The van der Waals surface area contributed by atoms with Crippen molar-refractivity contribution in [2.45, 2.75) is 18.6 Å². The summed E-state index contributed by atoms with van der Waals surface area (Å²) in [6, 6.07) is 7.57. The highest BCUT2D eigenvalue weighted by atomic mass is 79.9. The number of anilines is 1. The average Bonchev–Trinajstić information content (AvgIpc) is 2.76. The van der Waals surface area contributed by atoms with Crippen molar-refractivity contribution in [3.05, 3.63) is 34.8 Å². The number of aromatic nitrogens is 2. The first-order valence-electron chi connectivity index (χ1n) is 6.12. The molecular weight excluding hydrogens is 335 g/mol. The van der Waals surface area contributed by atoms with E-state index < -0.39 is 12.2 Å². The lowest BCUT2D eigenvalue weighted by Gasteiger charge is -2.27. The third-order valence-electron chi connectivity index (χ3n) is 3.28. The third-order valence-corrected chi connectivity index (χ3v) is 4.03. The minimum absolute atomic E-state index is 0.0150. The van der Waals surface area contributed by atoms with E-state index in [1.54, 1.807) is 0 Å². The van der Waals surface area contributed by atoms with Crippen LogP contribution in [0, 0.1) is 0 Å². The molecule has 0 bridgehead atoms. The molecule has 1 unspecified atom stereocenters. The molecule has 3 rings (SSSR count). The minimum Gasteiger partial charge on any atom is -0.369 e. The van der Waals surface area contributed by atoms with Crippen LogP contribution in [0.15, 0.2) is 34.8 Å². The van der Waals surface area contributed by atoms with Gasteiger partial charge in [-0.15, -0.1) is 0 Å². The van der Waals surface area contributed by atoms with Gasteiger partial charge in [-0.3, -0.25) is 0 Å². The number of benzene rings is 1. The van der Waals surface area contributed by atoms with Crippen LogP contribution in [-0.4, -0.2) is 22.5 Å². The molecule has 0 saturated heterocycles. The second-order valence-corrected chi connectivity index (χ2v) is 5.39. The van der Waals surface area contributed by atoms with Gasteiger partial charge in [0.1, 0.15) is 11.5 Å². The molecule has 7 heteroatoms. The Labute approximate surface area is 121 Å². The monoisotopic (exact) mass is 345 g/mol. The lowest BCUT2D eigenvalue weighted by atomic mass is 10.1. The van der Waals surface area contributed by atoms with E-state index in [2.05, 4.69) is 26.3 Å². The molecule has 1 aliphatic rings. The van der Waals surface area contributed by atoms with Gasteiger partial charge in [0, 0.05) is 12.1 Å². The largest absolute Gasteiger partial charge is 0.410 e. The number of rotatable bonds is 1. The fraction of sp³-hybridized carbons (Fsp3) is 0.308. The first kappa shape index (κ1) is 13.5. The second kappa shape index (κ2) is 4.80. The molecule has 1 N–H and O–H groups in total. The Morgan fingerprint density at radius 1 is 1.25 bits per heavy atom. The van der Waals surface area contributed by atoms with Gasteiger partial charge in [-0.2, -0.15) is 18.3 Å². The van der Waals surface area contributed by atoms with E-state index in [-0.39, 0.29) is 13.0 Å². The van der Waals surface area contributed by atoms with Crippen LogP contribution in [0.1, 0.15) is 12.5 Å². The van der Waals surface area contributed by atoms with Crippen LogP contribution in [0.5, 0.6) is 0 Å². The summed E-state index contributed by atoms with van der Waals surface area (Å²) in [7, 11) is 0. The average molecular weight is 346 g/mol. The number of nitrogens with one attached hydrogen (secondary N) is 1. The second-order valence-electron chi connectivity index (χ2n) is 4.59. The van der Waals surface area contributed by atoms with Crippen molar-refractivity contribution < 1.29 is 13.2 Å². The van der Waals surface area contributed by atoms with Crippen molar-refractivity contribution in [2.24, 2.45) is 0 Å². The zero-order chi connectivity index (χ0) is 14.3. The Morgan fingerprint density at radius 3 is 2.60 bits per heavy atom. The zero-order valence-electron chi connectivity index (χ0n) is 10.3. The van der Waals surface area contributed by atoms with Crippen molar-refractivity contribution in [3.8, 4) is 11.3 Å². The van der Waals surface area contributed by atoms with Gasteiger partial charge in [-0.25, -0.2) is 4.68 Å². The van der Waals surface area contributed by atoms with Gasteiger partial charge in [0.05, 0.1) is 4.47 Å². The summed E-state index contributed by atoms with van der Waals surface area (Å²) < 4.78 is 40.8. The first-order chi connectivity index (χ1) is 9.48. The van der Waals surface area contributed by atoms with Crippen LogP contribution in [0.3, 0.4) is 0 Å². The number of fused-ring (bicyclic) bond motifs is 1. The Hall–Kier alpha value is -1.50. The standard InChI is InChI=1S/C13H11BrF3N3/c14-10-11(8-4-2-1-3-5-8)19-20-9(13(15,16)17)6-7-18-12(10)20/h1-5,9,18H,6-7H2. The molecule has 1 aromatic carbocycles. The van der Waals surface area contributed by atoms with Crippen LogP contribution in [0.4, 0.5) is 19.0 Å². The van der Waals surface area contributed by atoms with Crippen molar-refractivity contribution in [1.29, 1.82) is 0 Å². The van der Waals surface area contributed by atoms with Gasteiger partial charge in [-0.05, 0) is 22.4 Å². The van der Waals surface area contributed by atoms with Crippen LogP contribution >= 0.6 is 15.9 Å². The highest BCUT2D eigenvalue weighted by Crippen LogP contribution is 2.43. The molecule has 1 aliphatic heterocycles.